The lowest BCUT2D eigenvalue weighted by atomic mass is 10.2. The number of amides is 1. The van der Waals surface area contributed by atoms with E-state index in [2.05, 4.69) is 56.9 Å². The maximum Gasteiger partial charge on any atom is 0.239 e. The number of hydrogen-bond donors (Lipinski definition) is 3. The fourth-order valence-electron chi connectivity index (χ4n) is 3.52. The second-order valence-electron chi connectivity index (χ2n) is 7.37. The second kappa shape index (κ2) is 13.7. The fraction of sp³-hybridized carbons (Fsp3) is 0.619. The van der Waals surface area contributed by atoms with Crippen LogP contribution >= 0.6 is 24.0 Å². The number of carbonyl (C=O) groups excluding carboxylic acids is 1. The predicted molar refractivity (Wildman–Crippen MR) is 132 cm³/mol. The van der Waals surface area contributed by atoms with E-state index in [1.165, 1.54) is 0 Å². The Labute approximate surface area is 196 Å². The number of piperazine rings is 1. The zero-order chi connectivity index (χ0) is 20.3. The van der Waals surface area contributed by atoms with Crippen molar-refractivity contribution >= 4 is 41.5 Å². The van der Waals surface area contributed by atoms with E-state index in [-0.39, 0.29) is 29.9 Å². The Morgan fingerprint density at radius 1 is 1.17 bits per heavy atom. The number of halogens is 1. The summed E-state index contributed by atoms with van der Waals surface area (Å²) in [5.74, 6) is 0.936. The molecule has 2 heterocycles. The lowest BCUT2D eigenvalue weighted by molar-refractivity contribution is -0.120. The monoisotopic (exact) mass is 530 g/mol. The summed E-state index contributed by atoms with van der Waals surface area (Å²) >= 11 is 0. The maximum absolute atomic E-state index is 11.6. The van der Waals surface area contributed by atoms with E-state index < -0.39 is 0 Å². The largest absolute Gasteiger partial charge is 0.379 e. The van der Waals surface area contributed by atoms with Gasteiger partial charge in [0.2, 0.25) is 5.91 Å². The molecule has 0 atom stereocenters. The van der Waals surface area contributed by atoms with Gasteiger partial charge in [-0.15, -0.1) is 24.0 Å². The van der Waals surface area contributed by atoms with Gasteiger partial charge in [-0.1, -0.05) is 12.1 Å². The van der Waals surface area contributed by atoms with Crippen molar-refractivity contribution in [3.8, 4) is 0 Å². The summed E-state index contributed by atoms with van der Waals surface area (Å²) in [5.41, 5.74) is 2.24. The third-order valence-corrected chi connectivity index (χ3v) is 5.15. The molecule has 1 amide bonds. The molecule has 0 saturated carbocycles. The Kier molecular flexibility index (Phi) is 11.2. The van der Waals surface area contributed by atoms with Crippen molar-refractivity contribution in [1.82, 2.24) is 20.9 Å². The molecule has 0 aromatic heterocycles. The Bertz CT molecular complexity index is 664. The molecule has 2 aliphatic rings. The molecule has 30 heavy (non-hydrogen) atoms. The average molecular weight is 530 g/mol. The van der Waals surface area contributed by atoms with Crippen molar-refractivity contribution in [2.75, 3.05) is 70.5 Å². The molecule has 1 aromatic rings. The van der Waals surface area contributed by atoms with Crippen molar-refractivity contribution in [2.45, 2.75) is 19.9 Å². The number of morpholine rings is 1. The summed E-state index contributed by atoms with van der Waals surface area (Å²) in [5, 5.41) is 9.60. The summed E-state index contributed by atoms with van der Waals surface area (Å²) in [7, 11) is 0. The van der Waals surface area contributed by atoms with Crippen LogP contribution in [0.25, 0.3) is 0 Å². The van der Waals surface area contributed by atoms with E-state index in [9.17, 15) is 4.79 Å². The molecule has 168 valence electrons. The van der Waals surface area contributed by atoms with Gasteiger partial charge in [0.15, 0.2) is 5.96 Å². The summed E-state index contributed by atoms with van der Waals surface area (Å²) in [6.07, 6.45) is 1.09. The predicted octanol–water partition coefficient (Wildman–Crippen LogP) is 1.02. The average Bonchev–Trinajstić information content (AvgIpc) is 2.76. The summed E-state index contributed by atoms with van der Waals surface area (Å²) in [6.45, 7) is 11.3. The van der Waals surface area contributed by atoms with Gasteiger partial charge in [0.25, 0.3) is 0 Å². The van der Waals surface area contributed by atoms with Crippen LogP contribution in [0.3, 0.4) is 0 Å². The van der Waals surface area contributed by atoms with Crippen molar-refractivity contribution < 1.29 is 9.53 Å². The highest BCUT2D eigenvalue weighted by atomic mass is 127. The minimum absolute atomic E-state index is 0. The molecule has 2 saturated heterocycles. The molecule has 9 heteroatoms. The van der Waals surface area contributed by atoms with E-state index >= 15 is 0 Å². The Hall–Kier alpha value is -1.59. The van der Waals surface area contributed by atoms with Crippen LogP contribution in [-0.2, 0) is 16.1 Å². The van der Waals surface area contributed by atoms with Gasteiger partial charge in [-0.25, -0.2) is 4.99 Å². The fourth-order valence-corrected chi connectivity index (χ4v) is 3.52. The van der Waals surface area contributed by atoms with Crippen LogP contribution in [0.1, 0.15) is 18.9 Å². The van der Waals surface area contributed by atoms with E-state index in [0.29, 0.717) is 19.6 Å². The smallest absolute Gasteiger partial charge is 0.239 e. The molecule has 0 radical (unpaired) electrons. The first-order chi connectivity index (χ1) is 14.2. The van der Waals surface area contributed by atoms with Gasteiger partial charge in [0.1, 0.15) is 0 Å². The third kappa shape index (κ3) is 8.27. The molecule has 3 rings (SSSR count). The zero-order valence-corrected chi connectivity index (χ0v) is 20.2. The number of guanidine groups is 1. The van der Waals surface area contributed by atoms with E-state index in [1.54, 1.807) is 0 Å². The van der Waals surface area contributed by atoms with E-state index in [0.717, 1.165) is 76.1 Å². The number of ether oxygens (including phenoxy) is 1. The minimum atomic E-state index is 0. The van der Waals surface area contributed by atoms with Crippen molar-refractivity contribution in [3.05, 3.63) is 29.8 Å². The Morgan fingerprint density at radius 2 is 1.93 bits per heavy atom. The van der Waals surface area contributed by atoms with Gasteiger partial charge in [0.05, 0.1) is 26.3 Å². The first kappa shape index (κ1) is 24.7. The molecule has 0 bridgehead atoms. The van der Waals surface area contributed by atoms with Gasteiger partial charge in [-0.05, 0) is 37.6 Å². The lowest BCUT2D eigenvalue weighted by Gasteiger charge is -2.28. The molecule has 0 aliphatic carbocycles. The van der Waals surface area contributed by atoms with Crippen LogP contribution in [0.15, 0.2) is 29.3 Å². The van der Waals surface area contributed by atoms with E-state index in [1.807, 2.05) is 0 Å². The molecule has 2 aliphatic heterocycles. The summed E-state index contributed by atoms with van der Waals surface area (Å²) < 4.78 is 5.39. The number of nitrogens with one attached hydrogen (secondary N) is 3. The molecule has 1 aromatic carbocycles. The third-order valence-electron chi connectivity index (χ3n) is 5.15. The number of hydrogen-bond acceptors (Lipinski definition) is 5. The second-order valence-corrected chi connectivity index (χ2v) is 7.37. The molecule has 0 unspecified atom stereocenters. The molecular weight excluding hydrogens is 495 g/mol. The first-order valence-electron chi connectivity index (χ1n) is 10.7. The van der Waals surface area contributed by atoms with Crippen LogP contribution < -0.4 is 20.9 Å². The Balaban J connectivity index is 0.00000320. The van der Waals surface area contributed by atoms with Gasteiger partial charge >= 0.3 is 0 Å². The number of nitrogens with zero attached hydrogens (tertiary/aromatic N) is 3. The lowest BCUT2D eigenvalue weighted by Crippen LogP contribution is -2.47. The van der Waals surface area contributed by atoms with Crippen LogP contribution in [0.2, 0.25) is 0 Å². The van der Waals surface area contributed by atoms with Gasteiger partial charge in [-0.3, -0.25) is 9.69 Å². The van der Waals surface area contributed by atoms with Crippen molar-refractivity contribution in [3.63, 3.8) is 0 Å². The molecule has 2 fully saturated rings. The highest BCUT2D eigenvalue weighted by Crippen LogP contribution is 2.16. The van der Waals surface area contributed by atoms with Gasteiger partial charge < -0.3 is 25.6 Å². The summed E-state index contributed by atoms with van der Waals surface area (Å²) in [4.78, 5) is 20.8. The van der Waals surface area contributed by atoms with E-state index in [4.69, 9.17) is 9.73 Å². The number of aliphatic imine (C=N–C) groups is 1. The zero-order valence-electron chi connectivity index (χ0n) is 17.9. The highest BCUT2D eigenvalue weighted by molar-refractivity contribution is 14.0. The van der Waals surface area contributed by atoms with Crippen LogP contribution in [0.4, 0.5) is 5.69 Å². The molecule has 0 spiro atoms. The topological polar surface area (TPSA) is 81.2 Å². The molecule has 3 N–H and O–H groups in total. The minimum Gasteiger partial charge on any atom is -0.379 e. The maximum atomic E-state index is 11.6. The number of benzene rings is 1. The van der Waals surface area contributed by atoms with Crippen molar-refractivity contribution in [2.24, 2.45) is 4.99 Å². The normalized spacial score (nSPS) is 17.8. The molecule has 8 nitrogen and oxygen atoms in total. The Morgan fingerprint density at radius 3 is 2.63 bits per heavy atom. The SMILES string of the molecule is CCNC(=NCc1ccc(N2CCNC(=O)C2)cc1)NCCCN1CCOCC1.I. The summed E-state index contributed by atoms with van der Waals surface area (Å²) in [6, 6.07) is 8.33. The van der Waals surface area contributed by atoms with Gasteiger partial charge in [0, 0.05) is 45.0 Å². The van der Waals surface area contributed by atoms with Crippen LogP contribution in [0.5, 0.6) is 0 Å². The van der Waals surface area contributed by atoms with Crippen LogP contribution in [0, 0.1) is 0 Å². The first-order valence-corrected chi connectivity index (χ1v) is 10.7. The number of anilines is 1. The molecular formula is C21H35IN6O2. The van der Waals surface area contributed by atoms with Crippen molar-refractivity contribution in [1.29, 1.82) is 0 Å². The van der Waals surface area contributed by atoms with Crippen LogP contribution in [-0.4, -0.2) is 82.3 Å². The number of rotatable bonds is 8. The number of carbonyl (C=O) groups is 1. The standard InChI is InChI=1S/C21H34N6O2.HI/c1-2-22-21(24-8-3-10-26-12-14-29-15-13-26)25-16-18-4-6-19(7-5-18)27-11-9-23-20(28)17-27;/h4-7H,2-3,8-17H2,1H3,(H,23,28)(H2,22,24,25);1H. The van der Waals surface area contributed by atoms with Gasteiger partial charge in [-0.2, -0.15) is 0 Å². The quantitative estimate of drug-likeness (QED) is 0.202. The highest BCUT2D eigenvalue weighted by Gasteiger charge is 2.16.